The zero-order valence-electron chi connectivity index (χ0n) is 10.1. The number of hydrogen-bond donors (Lipinski definition) is 1. The Bertz CT molecular complexity index is 214. The minimum absolute atomic E-state index is 0.0283. The molecule has 16 heavy (non-hydrogen) atoms. The predicted molar refractivity (Wildman–Crippen MR) is 60.2 cm³/mol. The summed E-state index contributed by atoms with van der Waals surface area (Å²) >= 11 is 0. The largest absolute Gasteiger partial charge is 0.481 e. The molecule has 5 heteroatoms. The van der Waals surface area contributed by atoms with Crippen molar-refractivity contribution < 1.29 is 19.4 Å². The maximum absolute atomic E-state index is 11.1. The van der Waals surface area contributed by atoms with E-state index in [-0.39, 0.29) is 19.0 Å². The van der Waals surface area contributed by atoms with Crippen molar-refractivity contribution in [1.82, 2.24) is 4.90 Å². The van der Waals surface area contributed by atoms with Crippen LogP contribution < -0.4 is 0 Å². The van der Waals surface area contributed by atoms with Gasteiger partial charge in [-0.1, -0.05) is 13.8 Å². The molecule has 0 bridgehead atoms. The summed E-state index contributed by atoms with van der Waals surface area (Å²) in [6.45, 7) is 6.96. The first kappa shape index (κ1) is 14.9. The molecule has 94 valence electrons. The molecule has 0 fully saturated rings. The molecule has 0 radical (unpaired) electrons. The molecule has 0 unspecified atom stereocenters. The SMILES string of the molecule is CCN(CC)CCCC(=O)OCCC(=O)O. The number of rotatable bonds is 9. The van der Waals surface area contributed by atoms with E-state index >= 15 is 0 Å². The van der Waals surface area contributed by atoms with E-state index in [0.29, 0.717) is 6.42 Å². The standard InChI is InChI=1S/C11H21NO4/c1-3-12(4-2)8-5-6-11(15)16-9-7-10(13)14/h3-9H2,1-2H3,(H,13,14). The van der Waals surface area contributed by atoms with Crippen LogP contribution in [0, 0.1) is 0 Å². The van der Waals surface area contributed by atoms with Gasteiger partial charge in [0, 0.05) is 6.42 Å². The van der Waals surface area contributed by atoms with E-state index < -0.39 is 5.97 Å². The van der Waals surface area contributed by atoms with Crippen molar-refractivity contribution >= 4 is 11.9 Å². The number of nitrogens with zero attached hydrogens (tertiary/aromatic N) is 1. The van der Waals surface area contributed by atoms with Gasteiger partial charge in [0.25, 0.3) is 0 Å². The van der Waals surface area contributed by atoms with E-state index in [1.807, 2.05) is 0 Å². The minimum Gasteiger partial charge on any atom is -0.481 e. The topological polar surface area (TPSA) is 66.8 Å². The quantitative estimate of drug-likeness (QED) is 0.602. The van der Waals surface area contributed by atoms with Crippen LogP contribution in [-0.4, -0.2) is 48.2 Å². The van der Waals surface area contributed by atoms with E-state index in [1.54, 1.807) is 0 Å². The summed E-state index contributed by atoms with van der Waals surface area (Å²) in [5.41, 5.74) is 0. The number of carbonyl (C=O) groups is 2. The molecule has 0 aromatic rings. The Morgan fingerprint density at radius 1 is 1.19 bits per heavy atom. The average molecular weight is 231 g/mol. The van der Waals surface area contributed by atoms with Crippen molar-refractivity contribution in [2.75, 3.05) is 26.2 Å². The molecular weight excluding hydrogens is 210 g/mol. The van der Waals surface area contributed by atoms with Crippen LogP contribution in [0.25, 0.3) is 0 Å². The van der Waals surface area contributed by atoms with Gasteiger partial charge in [-0.05, 0) is 26.1 Å². The molecule has 0 atom stereocenters. The number of aliphatic carboxylic acids is 1. The highest BCUT2D eigenvalue weighted by molar-refractivity contribution is 5.70. The molecule has 0 aliphatic heterocycles. The van der Waals surface area contributed by atoms with Crippen LogP contribution in [0.5, 0.6) is 0 Å². The van der Waals surface area contributed by atoms with Crippen molar-refractivity contribution in [3.05, 3.63) is 0 Å². The number of hydrogen-bond acceptors (Lipinski definition) is 4. The molecule has 0 saturated heterocycles. The van der Waals surface area contributed by atoms with Crippen molar-refractivity contribution in [3.8, 4) is 0 Å². The number of carboxylic acids is 1. The Hall–Kier alpha value is -1.10. The summed E-state index contributed by atoms with van der Waals surface area (Å²) < 4.78 is 4.76. The van der Waals surface area contributed by atoms with Crippen molar-refractivity contribution in [2.24, 2.45) is 0 Å². The van der Waals surface area contributed by atoms with Crippen LogP contribution >= 0.6 is 0 Å². The van der Waals surface area contributed by atoms with Crippen LogP contribution in [-0.2, 0) is 14.3 Å². The molecule has 0 aliphatic carbocycles. The van der Waals surface area contributed by atoms with Crippen LogP contribution in [0.15, 0.2) is 0 Å². The van der Waals surface area contributed by atoms with Gasteiger partial charge in [0.1, 0.15) is 6.61 Å². The summed E-state index contributed by atoms with van der Waals surface area (Å²) in [7, 11) is 0. The zero-order valence-corrected chi connectivity index (χ0v) is 10.1. The number of carbonyl (C=O) groups excluding carboxylic acids is 1. The maximum atomic E-state index is 11.1. The first-order chi connectivity index (χ1) is 7.60. The molecule has 0 rings (SSSR count). The molecule has 0 aliphatic rings. The maximum Gasteiger partial charge on any atom is 0.306 e. The highest BCUT2D eigenvalue weighted by Gasteiger charge is 2.06. The van der Waals surface area contributed by atoms with E-state index in [9.17, 15) is 9.59 Å². The zero-order chi connectivity index (χ0) is 12.4. The summed E-state index contributed by atoms with van der Waals surface area (Å²) in [5.74, 6) is -1.26. The van der Waals surface area contributed by atoms with Crippen LogP contribution in [0.2, 0.25) is 0 Å². The van der Waals surface area contributed by atoms with Crippen molar-refractivity contribution in [3.63, 3.8) is 0 Å². The van der Waals surface area contributed by atoms with Crippen molar-refractivity contribution in [1.29, 1.82) is 0 Å². The molecule has 5 nitrogen and oxygen atoms in total. The Balaban J connectivity index is 3.46. The van der Waals surface area contributed by atoms with Gasteiger partial charge in [-0.2, -0.15) is 0 Å². The lowest BCUT2D eigenvalue weighted by Gasteiger charge is -2.17. The molecule has 0 aromatic heterocycles. The predicted octanol–water partition coefficient (Wildman–Crippen LogP) is 1.13. The van der Waals surface area contributed by atoms with Crippen LogP contribution in [0.3, 0.4) is 0 Å². The third-order valence-corrected chi connectivity index (χ3v) is 2.33. The van der Waals surface area contributed by atoms with Gasteiger partial charge in [-0.15, -0.1) is 0 Å². The average Bonchev–Trinajstić information content (AvgIpc) is 2.24. The van der Waals surface area contributed by atoms with Gasteiger partial charge >= 0.3 is 11.9 Å². The molecule has 0 heterocycles. The number of carboxylic acid groups (broad SMARTS) is 1. The van der Waals surface area contributed by atoms with Gasteiger partial charge < -0.3 is 14.7 Å². The van der Waals surface area contributed by atoms with Gasteiger partial charge in [0.05, 0.1) is 6.42 Å². The van der Waals surface area contributed by atoms with Crippen LogP contribution in [0.1, 0.15) is 33.1 Å². The monoisotopic (exact) mass is 231 g/mol. The van der Waals surface area contributed by atoms with E-state index in [1.165, 1.54) is 0 Å². The van der Waals surface area contributed by atoms with Gasteiger partial charge in [-0.25, -0.2) is 0 Å². The Morgan fingerprint density at radius 2 is 1.81 bits per heavy atom. The lowest BCUT2D eigenvalue weighted by molar-refractivity contribution is -0.146. The molecule has 0 aromatic carbocycles. The lowest BCUT2D eigenvalue weighted by Crippen LogP contribution is -2.24. The molecule has 0 amide bonds. The minimum atomic E-state index is -0.948. The second-order valence-electron chi connectivity index (χ2n) is 3.49. The lowest BCUT2D eigenvalue weighted by atomic mass is 10.3. The smallest absolute Gasteiger partial charge is 0.306 e. The van der Waals surface area contributed by atoms with E-state index in [2.05, 4.69) is 18.7 Å². The van der Waals surface area contributed by atoms with E-state index in [0.717, 1.165) is 26.1 Å². The third-order valence-electron chi connectivity index (χ3n) is 2.33. The normalized spacial score (nSPS) is 10.4. The fraction of sp³-hybridized carbons (Fsp3) is 0.818. The molecule has 0 saturated carbocycles. The van der Waals surface area contributed by atoms with Crippen molar-refractivity contribution in [2.45, 2.75) is 33.1 Å². The summed E-state index contributed by atoms with van der Waals surface area (Å²) in [4.78, 5) is 23.5. The fourth-order valence-electron chi connectivity index (χ4n) is 1.31. The molecular formula is C11H21NO4. The highest BCUT2D eigenvalue weighted by Crippen LogP contribution is 1.97. The molecule has 0 spiro atoms. The second kappa shape index (κ2) is 9.15. The second-order valence-corrected chi connectivity index (χ2v) is 3.49. The van der Waals surface area contributed by atoms with Gasteiger partial charge in [0.15, 0.2) is 0 Å². The highest BCUT2D eigenvalue weighted by atomic mass is 16.5. The van der Waals surface area contributed by atoms with Gasteiger partial charge in [0.2, 0.25) is 0 Å². The Kier molecular flexibility index (Phi) is 8.52. The van der Waals surface area contributed by atoms with Crippen LogP contribution in [0.4, 0.5) is 0 Å². The summed E-state index contributed by atoms with van der Waals surface area (Å²) in [6.07, 6.45) is 0.992. The Morgan fingerprint density at radius 3 is 2.31 bits per heavy atom. The number of esters is 1. The Labute approximate surface area is 96.4 Å². The summed E-state index contributed by atoms with van der Waals surface area (Å²) in [5, 5.41) is 8.34. The fourth-order valence-corrected chi connectivity index (χ4v) is 1.31. The van der Waals surface area contributed by atoms with Gasteiger partial charge in [-0.3, -0.25) is 9.59 Å². The molecule has 1 N–H and O–H groups in total. The van der Waals surface area contributed by atoms with E-state index in [4.69, 9.17) is 9.84 Å². The summed E-state index contributed by atoms with van der Waals surface area (Å²) in [6, 6.07) is 0. The first-order valence-electron chi connectivity index (χ1n) is 5.69. The third kappa shape index (κ3) is 8.23. The number of ether oxygens (including phenoxy) is 1. The first-order valence-corrected chi connectivity index (χ1v) is 5.69.